The third kappa shape index (κ3) is 2.41. The number of nitrogens with two attached hydrogens (primary N) is 1. The van der Waals surface area contributed by atoms with Crippen LogP contribution in [0.15, 0.2) is 30.6 Å². The molecule has 4 nitrogen and oxygen atoms in total. The average molecular weight is 202 g/mol. The summed E-state index contributed by atoms with van der Waals surface area (Å²) in [6.07, 6.45) is 4.37. The van der Waals surface area contributed by atoms with E-state index in [-0.39, 0.29) is 0 Å². The van der Waals surface area contributed by atoms with Gasteiger partial charge in [-0.25, -0.2) is 0 Å². The molecule has 2 aromatic rings. The number of benzene rings is 1. The number of anilines is 1. The van der Waals surface area contributed by atoms with E-state index in [9.17, 15) is 0 Å². The molecule has 78 valence electrons. The molecular weight excluding hydrogens is 188 g/mol. The second-order valence-electron chi connectivity index (χ2n) is 3.33. The molecule has 2 rings (SSSR count). The van der Waals surface area contributed by atoms with E-state index in [4.69, 9.17) is 5.73 Å². The molecule has 0 fully saturated rings. The fourth-order valence-electron chi connectivity index (χ4n) is 1.41. The summed E-state index contributed by atoms with van der Waals surface area (Å²) in [4.78, 5) is 8.45. The Morgan fingerprint density at radius 2 is 1.93 bits per heavy atom. The van der Waals surface area contributed by atoms with Gasteiger partial charge in [-0.2, -0.15) is 0 Å². The van der Waals surface area contributed by atoms with E-state index in [0.29, 0.717) is 6.54 Å². The van der Waals surface area contributed by atoms with E-state index >= 15 is 0 Å². The lowest BCUT2D eigenvalue weighted by molar-refractivity contribution is 0.874. The molecule has 0 unspecified atom stereocenters. The number of hydrogen-bond donors (Lipinski definition) is 2. The summed E-state index contributed by atoms with van der Waals surface area (Å²) in [5.41, 5.74) is 8.32. The minimum atomic E-state index is 0.709. The molecule has 0 aliphatic rings. The highest BCUT2D eigenvalue weighted by Gasteiger charge is 1.96. The molecule has 0 saturated carbocycles. The highest BCUT2D eigenvalue weighted by molar-refractivity contribution is 5.78. The van der Waals surface area contributed by atoms with Crippen molar-refractivity contribution in [3.05, 3.63) is 30.6 Å². The first-order valence-electron chi connectivity index (χ1n) is 5.05. The summed E-state index contributed by atoms with van der Waals surface area (Å²) < 4.78 is 0. The van der Waals surface area contributed by atoms with Crippen LogP contribution in [-0.4, -0.2) is 23.1 Å². The summed E-state index contributed by atoms with van der Waals surface area (Å²) in [7, 11) is 0. The first kappa shape index (κ1) is 9.86. The van der Waals surface area contributed by atoms with Crippen LogP contribution in [0.5, 0.6) is 0 Å². The Balaban J connectivity index is 2.16. The largest absolute Gasteiger partial charge is 0.385 e. The smallest absolute Gasteiger partial charge is 0.0907 e. The number of nitrogens with zero attached hydrogens (tertiary/aromatic N) is 2. The summed E-state index contributed by atoms with van der Waals surface area (Å²) in [5, 5.41) is 3.29. The van der Waals surface area contributed by atoms with Gasteiger partial charge in [0.2, 0.25) is 0 Å². The van der Waals surface area contributed by atoms with Gasteiger partial charge in [0, 0.05) is 24.6 Å². The monoisotopic (exact) mass is 202 g/mol. The highest BCUT2D eigenvalue weighted by Crippen LogP contribution is 2.14. The van der Waals surface area contributed by atoms with Crippen LogP contribution in [0.2, 0.25) is 0 Å². The SMILES string of the molecule is NCCCNc1ccc2nccnc2c1. The molecule has 4 heteroatoms. The predicted molar refractivity (Wildman–Crippen MR) is 61.7 cm³/mol. The first-order chi connectivity index (χ1) is 7.40. The van der Waals surface area contributed by atoms with E-state index in [1.165, 1.54) is 0 Å². The van der Waals surface area contributed by atoms with Crippen LogP contribution in [-0.2, 0) is 0 Å². The molecule has 0 atom stereocenters. The maximum Gasteiger partial charge on any atom is 0.0907 e. The van der Waals surface area contributed by atoms with Crippen molar-refractivity contribution in [1.29, 1.82) is 0 Å². The van der Waals surface area contributed by atoms with Crippen LogP contribution >= 0.6 is 0 Å². The van der Waals surface area contributed by atoms with Crippen molar-refractivity contribution in [2.75, 3.05) is 18.4 Å². The summed E-state index contributed by atoms with van der Waals surface area (Å²) in [6, 6.07) is 5.97. The fraction of sp³-hybridized carbons (Fsp3) is 0.273. The molecule has 0 amide bonds. The number of nitrogens with one attached hydrogen (secondary N) is 1. The number of aromatic nitrogens is 2. The molecule has 3 N–H and O–H groups in total. The molecular formula is C11H14N4. The second kappa shape index (κ2) is 4.70. The van der Waals surface area contributed by atoms with Crippen molar-refractivity contribution < 1.29 is 0 Å². The zero-order valence-electron chi connectivity index (χ0n) is 8.48. The maximum absolute atomic E-state index is 5.42. The molecule has 0 saturated heterocycles. The highest BCUT2D eigenvalue weighted by atomic mass is 14.9. The predicted octanol–water partition coefficient (Wildman–Crippen LogP) is 1.39. The molecule has 1 aromatic carbocycles. The summed E-state index contributed by atoms with van der Waals surface area (Å²) in [6.45, 7) is 1.60. The molecule has 1 aromatic heterocycles. The van der Waals surface area contributed by atoms with Gasteiger partial charge in [0.1, 0.15) is 0 Å². The Morgan fingerprint density at radius 1 is 1.13 bits per heavy atom. The average Bonchev–Trinajstić information content (AvgIpc) is 2.29. The number of fused-ring (bicyclic) bond motifs is 1. The third-order valence-electron chi connectivity index (χ3n) is 2.18. The molecule has 0 radical (unpaired) electrons. The lowest BCUT2D eigenvalue weighted by atomic mass is 10.2. The zero-order chi connectivity index (χ0) is 10.5. The van der Waals surface area contributed by atoms with E-state index in [1.54, 1.807) is 12.4 Å². The Bertz CT molecular complexity index is 441. The lowest BCUT2D eigenvalue weighted by Gasteiger charge is -2.05. The van der Waals surface area contributed by atoms with Crippen LogP contribution in [0.3, 0.4) is 0 Å². The van der Waals surface area contributed by atoms with E-state index in [1.807, 2.05) is 18.2 Å². The van der Waals surface area contributed by atoms with E-state index in [0.717, 1.165) is 29.7 Å². The molecule has 0 spiro atoms. The Morgan fingerprint density at radius 3 is 2.73 bits per heavy atom. The molecule has 1 heterocycles. The van der Waals surface area contributed by atoms with Crippen molar-refractivity contribution in [2.24, 2.45) is 5.73 Å². The zero-order valence-corrected chi connectivity index (χ0v) is 8.48. The maximum atomic E-state index is 5.42. The van der Waals surface area contributed by atoms with Crippen molar-refractivity contribution >= 4 is 16.7 Å². The van der Waals surface area contributed by atoms with Crippen LogP contribution < -0.4 is 11.1 Å². The second-order valence-corrected chi connectivity index (χ2v) is 3.33. The van der Waals surface area contributed by atoms with Crippen molar-refractivity contribution in [1.82, 2.24) is 9.97 Å². The number of rotatable bonds is 4. The van der Waals surface area contributed by atoms with Crippen molar-refractivity contribution in [3.63, 3.8) is 0 Å². The Labute approximate surface area is 88.5 Å². The molecule has 15 heavy (non-hydrogen) atoms. The van der Waals surface area contributed by atoms with Gasteiger partial charge in [0.15, 0.2) is 0 Å². The molecule has 0 bridgehead atoms. The van der Waals surface area contributed by atoms with E-state index < -0.39 is 0 Å². The van der Waals surface area contributed by atoms with Gasteiger partial charge in [0.25, 0.3) is 0 Å². The first-order valence-corrected chi connectivity index (χ1v) is 5.05. The van der Waals surface area contributed by atoms with E-state index in [2.05, 4.69) is 15.3 Å². The van der Waals surface area contributed by atoms with Crippen LogP contribution in [0, 0.1) is 0 Å². The Kier molecular flexibility index (Phi) is 3.09. The minimum absolute atomic E-state index is 0.709. The van der Waals surface area contributed by atoms with Gasteiger partial charge in [0.05, 0.1) is 11.0 Å². The fourth-order valence-corrected chi connectivity index (χ4v) is 1.41. The van der Waals surface area contributed by atoms with Gasteiger partial charge in [-0.1, -0.05) is 0 Å². The molecule has 0 aliphatic carbocycles. The van der Waals surface area contributed by atoms with Gasteiger partial charge in [-0.05, 0) is 31.2 Å². The third-order valence-corrected chi connectivity index (χ3v) is 2.18. The van der Waals surface area contributed by atoms with Crippen molar-refractivity contribution in [2.45, 2.75) is 6.42 Å². The van der Waals surface area contributed by atoms with Crippen LogP contribution in [0.4, 0.5) is 5.69 Å². The van der Waals surface area contributed by atoms with Crippen molar-refractivity contribution in [3.8, 4) is 0 Å². The summed E-state index contributed by atoms with van der Waals surface area (Å²) >= 11 is 0. The van der Waals surface area contributed by atoms with Gasteiger partial charge in [-0.15, -0.1) is 0 Å². The van der Waals surface area contributed by atoms with Gasteiger partial charge < -0.3 is 11.1 Å². The van der Waals surface area contributed by atoms with Crippen LogP contribution in [0.25, 0.3) is 11.0 Å². The quantitative estimate of drug-likeness (QED) is 0.735. The summed E-state index contributed by atoms with van der Waals surface area (Å²) in [5.74, 6) is 0. The normalized spacial score (nSPS) is 10.5. The van der Waals surface area contributed by atoms with Gasteiger partial charge >= 0.3 is 0 Å². The minimum Gasteiger partial charge on any atom is -0.385 e. The number of hydrogen-bond acceptors (Lipinski definition) is 4. The molecule has 0 aliphatic heterocycles. The lowest BCUT2D eigenvalue weighted by Crippen LogP contribution is -2.08. The standard InChI is InChI=1S/C11H14N4/c12-4-1-5-13-9-2-3-10-11(8-9)15-7-6-14-10/h2-3,6-8,13H,1,4-5,12H2. The Hall–Kier alpha value is -1.68. The van der Waals surface area contributed by atoms with Crippen LogP contribution in [0.1, 0.15) is 6.42 Å². The topological polar surface area (TPSA) is 63.8 Å². The van der Waals surface area contributed by atoms with Gasteiger partial charge in [-0.3, -0.25) is 9.97 Å².